The molecular formula is C37H44N2O6S. The first-order valence-corrected chi connectivity index (χ1v) is 16.9. The van der Waals surface area contributed by atoms with E-state index in [0.717, 1.165) is 56.3 Å². The van der Waals surface area contributed by atoms with Crippen molar-refractivity contribution in [2.75, 3.05) is 19.8 Å². The number of Topliss-reactive ketones (excluding diaryl/α,β-unsaturated/α-hetero) is 1. The second-order valence-corrected chi connectivity index (χ2v) is 12.5. The number of hydrogen-bond acceptors (Lipinski definition) is 7. The van der Waals surface area contributed by atoms with Gasteiger partial charge in [-0.1, -0.05) is 73.5 Å². The average molecular weight is 645 g/mol. The van der Waals surface area contributed by atoms with Crippen LogP contribution in [0.15, 0.2) is 72.2 Å². The third kappa shape index (κ3) is 10.9. The van der Waals surface area contributed by atoms with Crippen LogP contribution in [-0.4, -0.2) is 59.7 Å². The Hall–Kier alpha value is -3.92. The van der Waals surface area contributed by atoms with E-state index in [0.29, 0.717) is 13.0 Å². The normalized spacial score (nSPS) is 12.6. The number of carbonyl (C=O) groups excluding carboxylic acids is 2. The lowest BCUT2D eigenvalue weighted by molar-refractivity contribution is -0.167. The van der Waals surface area contributed by atoms with Gasteiger partial charge in [-0.15, -0.1) is 11.3 Å². The largest absolute Gasteiger partial charge is 0.479 e. The maximum atomic E-state index is 13.2. The topological polar surface area (TPSA) is 115 Å². The summed E-state index contributed by atoms with van der Waals surface area (Å²) in [5.41, 5.74) is 5.10. The van der Waals surface area contributed by atoms with E-state index in [1.54, 1.807) is 5.38 Å². The van der Waals surface area contributed by atoms with E-state index >= 15 is 0 Å². The van der Waals surface area contributed by atoms with Crippen LogP contribution in [0, 0.1) is 13.8 Å². The van der Waals surface area contributed by atoms with Crippen molar-refractivity contribution in [3.63, 3.8) is 0 Å². The molecular weight excluding hydrogens is 600 g/mol. The summed E-state index contributed by atoms with van der Waals surface area (Å²) in [5, 5.41) is 17.1. The Kier molecular flexibility index (Phi) is 13.9. The number of rotatable bonds is 20. The lowest BCUT2D eigenvalue weighted by Gasteiger charge is -2.23. The van der Waals surface area contributed by atoms with Crippen LogP contribution in [0.2, 0.25) is 0 Å². The van der Waals surface area contributed by atoms with Crippen molar-refractivity contribution >= 4 is 39.8 Å². The van der Waals surface area contributed by atoms with E-state index in [9.17, 15) is 19.5 Å². The minimum atomic E-state index is -1.63. The third-order valence-corrected chi connectivity index (χ3v) is 8.89. The molecule has 1 amide bonds. The van der Waals surface area contributed by atoms with Gasteiger partial charge < -0.3 is 19.9 Å². The van der Waals surface area contributed by atoms with Crippen LogP contribution in [0.5, 0.6) is 0 Å². The second-order valence-electron chi connectivity index (χ2n) is 11.6. The number of nitrogens with one attached hydrogen (secondary N) is 1. The summed E-state index contributed by atoms with van der Waals surface area (Å²) in [6, 6.07) is 21.3. The predicted molar refractivity (Wildman–Crippen MR) is 182 cm³/mol. The van der Waals surface area contributed by atoms with Gasteiger partial charge in [-0.25, -0.2) is 9.78 Å². The van der Waals surface area contributed by atoms with Crippen molar-refractivity contribution in [3.05, 3.63) is 99.5 Å². The number of fused-ring (bicyclic) bond motifs is 1. The monoisotopic (exact) mass is 644 g/mol. The van der Waals surface area contributed by atoms with Crippen molar-refractivity contribution in [3.8, 4) is 0 Å². The van der Waals surface area contributed by atoms with Crippen molar-refractivity contribution in [2.24, 2.45) is 0 Å². The minimum absolute atomic E-state index is 0.199. The zero-order chi connectivity index (χ0) is 32.7. The van der Waals surface area contributed by atoms with Crippen LogP contribution in [0.1, 0.15) is 70.6 Å². The molecule has 4 rings (SSSR count). The summed E-state index contributed by atoms with van der Waals surface area (Å²) in [4.78, 5) is 41.8. The number of carboxylic acids is 1. The molecule has 1 aromatic heterocycles. The molecule has 1 heterocycles. The molecule has 4 aromatic rings. The van der Waals surface area contributed by atoms with Crippen LogP contribution in [-0.2, 0) is 31.9 Å². The maximum absolute atomic E-state index is 13.2. The van der Waals surface area contributed by atoms with Gasteiger partial charge in [0.05, 0.1) is 0 Å². The molecule has 2 unspecified atom stereocenters. The summed E-state index contributed by atoms with van der Waals surface area (Å²) >= 11 is 1.14. The first-order chi connectivity index (χ1) is 22.3. The van der Waals surface area contributed by atoms with Crippen molar-refractivity contribution in [1.29, 1.82) is 0 Å². The smallest absolute Gasteiger partial charge is 0.336 e. The number of unbranched alkanes of at least 4 members (excludes halogenated alkanes) is 4. The number of thiazole rings is 1. The number of aromatic nitrogens is 1. The minimum Gasteiger partial charge on any atom is -0.479 e. The second kappa shape index (κ2) is 18.3. The molecule has 46 heavy (non-hydrogen) atoms. The molecule has 9 heteroatoms. The molecule has 0 radical (unpaired) electrons. The van der Waals surface area contributed by atoms with Gasteiger partial charge in [0.2, 0.25) is 5.78 Å². The van der Waals surface area contributed by atoms with E-state index in [1.165, 1.54) is 39.2 Å². The lowest BCUT2D eigenvalue weighted by atomic mass is 10.0. The molecule has 244 valence electrons. The Labute approximate surface area is 275 Å². The van der Waals surface area contributed by atoms with Gasteiger partial charge in [0, 0.05) is 24.7 Å². The van der Waals surface area contributed by atoms with E-state index < -0.39 is 36.5 Å². The number of carboxylic acid groups (broad SMARTS) is 1. The molecule has 8 nitrogen and oxygen atoms in total. The maximum Gasteiger partial charge on any atom is 0.336 e. The van der Waals surface area contributed by atoms with E-state index in [2.05, 4.69) is 72.7 Å². The van der Waals surface area contributed by atoms with Crippen molar-refractivity contribution in [2.45, 2.75) is 77.4 Å². The van der Waals surface area contributed by atoms with Gasteiger partial charge in [0.1, 0.15) is 6.61 Å². The fourth-order valence-electron chi connectivity index (χ4n) is 5.29. The van der Waals surface area contributed by atoms with Gasteiger partial charge in [0.15, 0.2) is 17.2 Å². The Bertz CT molecular complexity index is 1570. The van der Waals surface area contributed by atoms with Crippen LogP contribution < -0.4 is 5.32 Å². The Morgan fingerprint density at radius 1 is 0.804 bits per heavy atom. The molecule has 0 saturated heterocycles. The predicted octanol–water partition coefficient (Wildman–Crippen LogP) is 6.89. The Morgan fingerprint density at radius 3 is 2.24 bits per heavy atom. The highest BCUT2D eigenvalue weighted by Gasteiger charge is 2.36. The summed E-state index contributed by atoms with van der Waals surface area (Å²) in [6.45, 7) is 4.28. The third-order valence-electron chi connectivity index (χ3n) is 8.08. The number of benzene rings is 3. The molecule has 3 aromatic carbocycles. The number of ketones is 1. The van der Waals surface area contributed by atoms with Gasteiger partial charge in [0.25, 0.3) is 5.91 Å². The van der Waals surface area contributed by atoms with Crippen LogP contribution >= 0.6 is 11.3 Å². The molecule has 0 fully saturated rings. The van der Waals surface area contributed by atoms with E-state index in [4.69, 9.17) is 9.47 Å². The number of amides is 1. The zero-order valence-electron chi connectivity index (χ0n) is 26.7. The number of ether oxygens (including phenoxy) is 2. The number of aliphatic carboxylic acids is 1. The molecule has 0 saturated carbocycles. The zero-order valence-corrected chi connectivity index (χ0v) is 27.5. The molecule has 0 spiro atoms. The Morgan fingerprint density at radius 2 is 1.52 bits per heavy atom. The van der Waals surface area contributed by atoms with Crippen LogP contribution in [0.3, 0.4) is 0 Å². The van der Waals surface area contributed by atoms with Crippen molar-refractivity contribution in [1.82, 2.24) is 10.3 Å². The van der Waals surface area contributed by atoms with Gasteiger partial charge in [-0.3, -0.25) is 9.59 Å². The van der Waals surface area contributed by atoms with E-state index in [-0.39, 0.29) is 11.6 Å². The highest BCUT2D eigenvalue weighted by Crippen LogP contribution is 2.18. The molecule has 0 aliphatic heterocycles. The fraction of sp³-hybridized carbons (Fsp3) is 0.405. The molecule has 2 atom stereocenters. The first-order valence-electron chi connectivity index (χ1n) is 16.0. The number of nitrogens with zero attached hydrogens (tertiary/aromatic N) is 1. The SMILES string of the molecule is Cc1ccc(CCCCCOC(C(=O)NCCCCCc2ccc3ccccc3c2)C(OCC(=O)c2nccs2)C(=O)O)cc1C. The fourth-order valence-corrected chi connectivity index (χ4v) is 5.85. The van der Waals surface area contributed by atoms with Gasteiger partial charge >= 0.3 is 5.97 Å². The number of hydrogen-bond donors (Lipinski definition) is 2. The lowest BCUT2D eigenvalue weighted by Crippen LogP contribution is -2.49. The summed E-state index contributed by atoms with van der Waals surface area (Å²) in [5.74, 6) is -2.37. The van der Waals surface area contributed by atoms with Crippen molar-refractivity contribution < 1.29 is 29.0 Å². The molecule has 0 bridgehead atoms. The molecule has 0 aliphatic rings. The van der Waals surface area contributed by atoms with Gasteiger partial charge in [-0.2, -0.15) is 0 Å². The first kappa shape index (κ1) is 34.9. The summed E-state index contributed by atoms with van der Waals surface area (Å²) < 4.78 is 11.4. The molecule has 0 aliphatic carbocycles. The average Bonchev–Trinajstić information content (AvgIpc) is 3.60. The van der Waals surface area contributed by atoms with E-state index in [1.807, 2.05) is 12.1 Å². The van der Waals surface area contributed by atoms with Crippen LogP contribution in [0.4, 0.5) is 0 Å². The highest BCUT2D eigenvalue weighted by atomic mass is 32.1. The molecule has 2 N–H and O–H groups in total. The Balaban J connectivity index is 1.25. The van der Waals surface area contributed by atoms with Crippen LogP contribution in [0.25, 0.3) is 10.8 Å². The quantitative estimate of drug-likeness (QED) is 0.0795. The summed E-state index contributed by atoms with van der Waals surface area (Å²) in [7, 11) is 0. The summed E-state index contributed by atoms with van der Waals surface area (Å²) in [6.07, 6.45) is 5.43. The highest BCUT2D eigenvalue weighted by molar-refractivity contribution is 7.11. The number of aryl methyl sites for hydroxylation is 4. The standard InChI is InChI=1S/C37H44N2O6S/c1-26-15-16-28(23-27(26)2)11-6-4-10-21-44-33(34(37(42)43)45-25-32(40)36-39-20-22-46-36)35(41)38-19-9-3-5-12-29-17-18-30-13-7-8-14-31(30)24-29/h7-8,13-18,20,22-24,33-34H,3-6,9-12,19,21,25H2,1-2H3,(H,38,41)(H,42,43). The van der Waals surface area contributed by atoms with Gasteiger partial charge in [-0.05, 0) is 85.4 Å². The number of carbonyl (C=O) groups is 3.